The second-order valence-corrected chi connectivity index (χ2v) is 4.58. The van der Waals surface area contributed by atoms with Gasteiger partial charge >= 0.3 is 0 Å². The molecule has 0 saturated carbocycles. The fraction of sp³-hybridized carbons (Fsp3) is 0.125. The van der Waals surface area contributed by atoms with E-state index in [0.29, 0.717) is 11.1 Å². The maximum atomic E-state index is 10.5. The van der Waals surface area contributed by atoms with Gasteiger partial charge in [0, 0.05) is 23.3 Å². The Kier molecular flexibility index (Phi) is 2.37. The van der Waals surface area contributed by atoms with Crippen LogP contribution in [0.4, 0.5) is 5.69 Å². The summed E-state index contributed by atoms with van der Waals surface area (Å²) in [5.41, 5.74) is 0.762. The van der Waals surface area contributed by atoms with Gasteiger partial charge in [0.1, 0.15) is 5.17 Å². The van der Waals surface area contributed by atoms with Gasteiger partial charge in [-0.2, -0.15) is 0 Å². The van der Waals surface area contributed by atoms with E-state index in [1.54, 1.807) is 0 Å². The quantitative estimate of drug-likeness (QED) is 0.339. The molecule has 1 aliphatic heterocycles. The van der Waals surface area contributed by atoms with E-state index >= 15 is 0 Å². The maximum Gasteiger partial charge on any atom is 0.269 e. The second kappa shape index (κ2) is 3.33. The molecule has 15 heavy (non-hydrogen) atoms. The first-order valence-electron chi connectivity index (χ1n) is 3.84. The number of hydrogen-bond acceptors (Lipinski definition) is 3. The third kappa shape index (κ3) is 1.69. The molecule has 78 valence electrons. The molecular weight excluding hydrogens is 262 g/mol. The maximum absolute atomic E-state index is 10.5. The van der Waals surface area contributed by atoms with Gasteiger partial charge in [0.05, 0.1) is 4.92 Å². The van der Waals surface area contributed by atoms with Crippen molar-refractivity contribution < 1.29 is 4.92 Å². The van der Waals surface area contributed by atoms with Crippen LogP contribution >= 0.6 is 34.8 Å². The number of nitro groups is 1. The summed E-state index contributed by atoms with van der Waals surface area (Å²) in [6, 6.07) is 4.08. The summed E-state index contributed by atoms with van der Waals surface area (Å²) < 4.78 is -1.53. The largest absolute Gasteiger partial charge is 0.269 e. The highest BCUT2D eigenvalue weighted by atomic mass is 35.5. The van der Waals surface area contributed by atoms with Crippen LogP contribution in [0.1, 0.15) is 11.1 Å². The first kappa shape index (κ1) is 10.7. The van der Waals surface area contributed by atoms with Crippen LogP contribution in [0, 0.1) is 10.1 Å². The Bertz CT molecular complexity index is 485. The number of nitrogens with zero attached hydrogens (tertiary/aromatic N) is 2. The van der Waals surface area contributed by atoms with Gasteiger partial charge in [-0.15, -0.1) is 0 Å². The zero-order valence-corrected chi connectivity index (χ0v) is 9.34. The zero-order valence-electron chi connectivity index (χ0n) is 7.08. The Morgan fingerprint density at radius 1 is 1.40 bits per heavy atom. The Labute approximate surface area is 99.6 Å². The molecule has 0 aromatic heterocycles. The van der Waals surface area contributed by atoms with Crippen molar-refractivity contribution in [3.05, 3.63) is 39.4 Å². The Morgan fingerprint density at radius 2 is 2.07 bits per heavy atom. The van der Waals surface area contributed by atoms with E-state index in [4.69, 9.17) is 34.8 Å². The Balaban J connectivity index is 2.62. The number of hydrogen-bond donors (Lipinski definition) is 0. The van der Waals surface area contributed by atoms with Crippen molar-refractivity contribution in [2.45, 2.75) is 4.46 Å². The standard InChI is InChI=1S/C8H3Cl3N2O2/c9-7-5-2-1-4(13(14)15)3-6(5)8(10,11)12-7/h1-3H. The molecule has 0 unspecified atom stereocenters. The lowest BCUT2D eigenvalue weighted by molar-refractivity contribution is -0.384. The number of rotatable bonds is 1. The monoisotopic (exact) mass is 264 g/mol. The van der Waals surface area contributed by atoms with Crippen molar-refractivity contribution in [3.8, 4) is 0 Å². The molecule has 0 amide bonds. The van der Waals surface area contributed by atoms with E-state index < -0.39 is 9.38 Å². The average molecular weight is 265 g/mol. The van der Waals surface area contributed by atoms with Crippen LogP contribution in [-0.2, 0) is 4.46 Å². The number of halogens is 3. The Morgan fingerprint density at radius 3 is 2.67 bits per heavy atom. The molecule has 0 bridgehead atoms. The normalized spacial score (nSPS) is 17.1. The van der Waals surface area contributed by atoms with Crippen molar-refractivity contribution >= 4 is 45.7 Å². The van der Waals surface area contributed by atoms with Crippen molar-refractivity contribution in [1.82, 2.24) is 0 Å². The van der Waals surface area contributed by atoms with E-state index in [1.165, 1.54) is 18.2 Å². The lowest BCUT2D eigenvalue weighted by Crippen LogP contribution is -2.03. The smallest absolute Gasteiger partial charge is 0.258 e. The average Bonchev–Trinajstić information content (AvgIpc) is 2.37. The lowest BCUT2D eigenvalue weighted by atomic mass is 10.1. The number of fused-ring (bicyclic) bond motifs is 1. The first-order valence-corrected chi connectivity index (χ1v) is 4.97. The van der Waals surface area contributed by atoms with Gasteiger partial charge in [-0.1, -0.05) is 34.8 Å². The first-order chi connectivity index (χ1) is 6.92. The van der Waals surface area contributed by atoms with Crippen LogP contribution in [0.15, 0.2) is 23.2 Å². The molecule has 1 aromatic carbocycles. The number of nitro benzene ring substituents is 1. The third-order valence-corrected chi connectivity index (χ3v) is 2.86. The summed E-state index contributed by atoms with van der Waals surface area (Å²) in [4.78, 5) is 13.8. The number of aliphatic imine (C=N–C) groups is 1. The molecule has 0 spiro atoms. The molecule has 0 atom stereocenters. The molecule has 0 N–H and O–H groups in total. The topological polar surface area (TPSA) is 55.5 Å². The predicted molar refractivity (Wildman–Crippen MR) is 58.9 cm³/mol. The number of non-ortho nitro benzene ring substituents is 1. The number of alkyl halides is 2. The highest BCUT2D eigenvalue weighted by Gasteiger charge is 2.37. The van der Waals surface area contributed by atoms with Gasteiger partial charge < -0.3 is 0 Å². The summed E-state index contributed by atoms with van der Waals surface area (Å²) in [6.07, 6.45) is 0. The van der Waals surface area contributed by atoms with Gasteiger partial charge in [-0.05, 0) is 6.07 Å². The molecule has 7 heteroatoms. The van der Waals surface area contributed by atoms with Crippen molar-refractivity contribution in [1.29, 1.82) is 0 Å². The summed E-state index contributed by atoms with van der Waals surface area (Å²) in [5.74, 6) is 0. The van der Waals surface area contributed by atoms with E-state index in [9.17, 15) is 10.1 Å². The highest BCUT2D eigenvalue weighted by Crippen LogP contribution is 2.44. The van der Waals surface area contributed by atoms with Crippen LogP contribution in [0.5, 0.6) is 0 Å². The fourth-order valence-corrected chi connectivity index (χ4v) is 2.18. The molecule has 0 fully saturated rings. The molecule has 2 rings (SSSR count). The van der Waals surface area contributed by atoms with Gasteiger partial charge in [-0.25, -0.2) is 4.99 Å². The van der Waals surface area contributed by atoms with Crippen LogP contribution in [0.25, 0.3) is 0 Å². The van der Waals surface area contributed by atoms with Crippen LogP contribution in [0.3, 0.4) is 0 Å². The lowest BCUT2D eigenvalue weighted by Gasteiger charge is -2.09. The summed E-state index contributed by atoms with van der Waals surface area (Å²) >= 11 is 17.5. The van der Waals surface area contributed by atoms with Crippen LogP contribution in [-0.4, -0.2) is 10.1 Å². The molecule has 4 nitrogen and oxygen atoms in total. The summed E-state index contributed by atoms with van der Waals surface area (Å²) in [7, 11) is 0. The third-order valence-electron chi connectivity index (χ3n) is 2.00. The molecule has 0 radical (unpaired) electrons. The van der Waals surface area contributed by atoms with Gasteiger partial charge in [0.25, 0.3) is 5.69 Å². The van der Waals surface area contributed by atoms with Crippen LogP contribution in [0.2, 0.25) is 0 Å². The highest BCUT2D eigenvalue weighted by molar-refractivity contribution is 6.71. The molecule has 0 aliphatic carbocycles. The molecule has 1 aliphatic rings. The summed E-state index contributed by atoms with van der Waals surface area (Å²) in [6.45, 7) is 0. The molecular formula is C8H3Cl3N2O2. The molecule has 0 saturated heterocycles. The van der Waals surface area contributed by atoms with Crippen molar-refractivity contribution in [2.24, 2.45) is 4.99 Å². The zero-order chi connectivity index (χ0) is 11.2. The van der Waals surface area contributed by atoms with E-state index in [2.05, 4.69) is 4.99 Å². The number of benzene rings is 1. The Hall–Kier alpha value is -0.840. The minimum atomic E-state index is -1.53. The van der Waals surface area contributed by atoms with Crippen LogP contribution < -0.4 is 0 Å². The van der Waals surface area contributed by atoms with E-state index in [1.807, 2.05) is 0 Å². The van der Waals surface area contributed by atoms with Gasteiger partial charge in [0.15, 0.2) is 0 Å². The molecule has 1 heterocycles. The minimum Gasteiger partial charge on any atom is -0.258 e. The fourth-order valence-electron chi connectivity index (χ4n) is 1.32. The predicted octanol–water partition coefficient (Wildman–Crippen LogP) is 3.18. The van der Waals surface area contributed by atoms with Gasteiger partial charge in [-0.3, -0.25) is 10.1 Å². The van der Waals surface area contributed by atoms with Gasteiger partial charge in [0.2, 0.25) is 4.46 Å². The van der Waals surface area contributed by atoms with E-state index in [0.717, 1.165) is 0 Å². The second-order valence-electron chi connectivity index (χ2n) is 2.93. The van der Waals surface area contributed by atoms with Crippen molar-refractivity contribution in [2.75, 3.05) is 0 Å². The molecule has 1 aromatic rings. The van der Waals surface area contributed by atoms with E-state index in [-0.39, 0.29) is 10.9 Å². The SMILES string of the molecule is O=[N+]([O-])c1ccc2c(c1)C(Cl)(Cl)N=C2Cl. The summed E-state index contributed by atoms with van der Waals surface area (Å²) in [5, 5.41) is 10.7. The van der Waals surface area contributed by atoms with Crippen molar-refractivity contribution in [3.63, 3.8) is 0 Å². The minimum absolute atomic E-state index is 0.0963.